The fourth-order valence-corrected chi connectivity index (χ4v) is 5.37. The lowest BCUT2D eigenvalue weighted by atomic mass is 9.99. The maximum absolute atomic E-state index is 12.8. The third-order valence-corrected chi connectivity index (χ3v) is 8.02. The molecule has 0 fully saturated rings. The van der Waals surface area contributed by atoms with Gasteiger partial charge in [0.1, 0.15) is 0 Å². The maximum atomic E-state index is 12.8. The molecule has 0 bridgehead atoms. The molecule has 0 unspecified atom stereocenters. The zero-order valence-electron chi connectivity index (χ0n) is 21.9. The Morgan fingerprint density at radius 3 is 2.40 bits per heavy atom. The maximum Gasteiger partial charge on any atom is 0.454 e. The second-order valence-corrected chi connectivity index (χ2v) is 11.9. The summed E-state index contributed by atoms with van der Waals surface area (Å²) in [6.07, 6.45) is -3.44. The van der Waals surface area contributed by atoms with E-state index in [9.17, 15) is 31.5 Å². The summed E-state index contributed by atoms with van der Waals surface area (Å²) in [6.45, 7) is 4.69. The molecule has 0 saturated carbocycles. The van der Waals surface area contributed by atoms with Crippen molar-refractivity contribution < 1.29 is 31.5 Å². The highest BCUT2D eigenvalue weighted by molar-refractivity contribution is 7.92. The molecule has 0 aliphatic carbocycles. The zero-order valence-corrected chi connectivity index (χ0v) is 22.8. The van der Waals surface area contributed by atoms with Crippen molar-refractivity contribution in [3.63, 3.8) is 0 Å². The van der Waals surface area contributed by atoms with Gasteiger partial charge in [-0.15, -0.1) is 0 Å². The molecule has 212 valence electrons. The van der Waals surface area contributed by atoms with Gasteiger partial charge in [0.2, 0.25) is 0 Å². The van der Waals surface area contributed by atoms with E-state index >= 15 is 0 Å². The van der Waals surface area contributed by atoms with Gasteiger partial charge >= 0.3 is 6.18 Å². The number of benzene rings is 3. The predicted molar refractivity (Wildman–Crippen MR) is 148 cm³/mol. The van der Waals surface area contributed by atoms with Crippen LogP contribution in [0.5, 0.6) is 0 Å². The first-order valence-electron chi connectivity index (χ1n) is 12.6. The Balaban J connectivity index is 1.35. The number of nitrogens with zero attached hydrogens (tertiary/aromatic N) is 1. The van der Waals surface area contributed by atoms with Crippen LogP contribution in [0.3, 0.4) is 0 Å². The summed E-state index contributed by atoms with van der Waals surface area (Å²) in [7, 11) is -3.77. The minimum absolute atomic E-state index is 0.134. The molecule has 0 amide bonds. The Labute approximate surface area is 230 Å². The van der Waals surface area contributed by atoms with E-state index in [1.54, 1.807) is 54.7 Å². The molecule has 0 radical (unpaired) electrons. The van der Waals surface area contributed by atoms with Crippen molar-refractivity contribution in [3.8, 4) is 0 Å². The number of β-amino-alcohol motifs (C(OH)–C–C–N with tert-alkyl or cyclic N) is 1. The van der Waals surface area contributed by atoms with E-state index in [0.717, 1.165) is 0 Å². The van der Waals surface area contributed by atoms with Gasteiger partial charge in [-0.1, -0.05) is 30.3 Å². The summed E-state index contributed by atoms with van der Waals surface area (Å²) < 4.78 is 68.0. The number of hydrogen-bond acceptors (Lipinski definition) is 5. The number of alkyl halides is 3. The number of hydrogen-bond donors (Lipinski definition) is 3. The molecule has 0 saturated heterocycles. The van der Waals surface area contributed by atoms with Crippen LogP contribution in [0.25, 0.3) is 10.9 Å². The first-order valence-corrected chi connectivity index (χ1v) is 14.0. The molecule has 1 heterocycles. The molecule has 11 heteroatoms. The van der Waals surface area contributed by atoms with Crippen LogP contribution in [0.1, 0.15) is 42.3 Å². The highest BCUT2D eigenvalue weighted by Crippen LogP contribution is 2.26. The molecule has 7 nitrogen and oxygen atoms in total. The Bertz CT molecular complexity index is 1600. The number of aromatic nitrogens is 1. The van der Waals surface area contributed by atoms with Crippen LogP contribution in [0.15, 0.2) is 90.0 Å². The van der Waals surface area contributed by atoms with Gasteiger partial charge in [0.15, 0.2) is 0 Å². The second kappa shape index (κ2) is 11.4. The van der Waals surface area contributed by atoms with E-state index in [-0.39, 0.29) is 11.4 Å². The molecule has 4 rings (SSSR count). The quantitative estimate of drug-likeness (QED) is 0.201. The van der Waals surface area contributed by atoms with E-state index in [1.165, 1.54) is 30.3 Å². The molecule has 3 N–H and O–H groups in total. The minimum atomic E-state index is -4.92. The van der Waals surface area contributed by atoms with Gasteiger partial charge in [-0.3, -0.25) is 9.52 Å². The lowest BCUT2D eigenvalue weighted by molar-refractivity contribution is -0.0885. The number of rotatable bonds is 11. The Morgan fingerprint density at radius 2 is 1.70 bits per heavy atom. The Kier molecular flexibility index (Phi) is 8.38. The van der Waals surface area contributed by atoms with Gasteiger partial charge in [0, 0.05) is 47.0 Å². The number of aliphatic hydroxyl groups is 1. The lowest BCUT2D eigenvalue weighted by Gasteiger charge is -2.28. The normalized spacial score (nSPS) is 13.3. The molecule has 1 aromatic heterocycles. The van der Waals surface area contributed by atoms with Crippen molar-refractivity contribution in [1.29, 1.82) is 0 Å². The topological polar surface area (TPSA) is 100 Å². The van der Waals surface area contributed by atoms with Crippen molar-refractivity contribution >= 4 is 32.4 Å². The average Bonchev–Trinajstić information content (AvgIpc) is 3.32. The summed E-state index contributed by atoms with van der Waals surface area (Å²) in [5, 5.41) is 14.7. The van der Waals surface area contributed by atoms with E-state index < -0.39 is 39.2 Å². The highest BCUT2D eigenvalue weighted by Gasteiger charge is 2.39. The van der Waals surface area contributed by atoms with Crippen LogP contribution in [-0.4, -0.2) is 42.1 Å². The SMILES string of the molecule is CC(C)(CCn1ccc2cc(C(=O)C(F)(F)F)ccc21)NC[C@H](O)c1cccc(NS(=O)(=O)c2ccccc2)c1. The number of sulfonamides is 1. The number of aliphatic hydroxyl groups excluding tert-OH is 1. The van der Waals surface area contributed by atoms with Gasteiger partial charge in [0.25, 0.3) is 15.8 Å². The van der Waals surface area contributed by atoms with E-state index in [1.807, 2.05) is 18.4 Å². The highest BCUT2D eigenvalue weighted by atomic mass is 32.2. The third-order valence-electron chi connectivity index (χ3n) is 6.62. The number of anilines is 1. The van der Waals surface area contributed by atoms with Gasteiger partial charge in [-0.2, -0.15) is 13.2 Å². The molecular weight excluding hydrogens is 543 g/mol. The fourth-order valence-electron chi connectivity index (χ4n) is 4.30. The van der Waals surface area contributed by atoms with Gasteiger partial charge in [-0.05, 0) is 74.4 Å². The van der Waals surface area contributed by atoms with Gasteiger partial charge < -0.3 is 15.0 Å². The molecule has 40 heavy (non-hydrogen) atoms. The molecule has 0 spiro atoms. The molecule has 1 atom stereocenters. The number of nitrogens with one attached hydrogen (secondary N) is 2. The number of ketones is 1. The molecular formula is C29H30F3N3O4S. The zero-order chi connectivity index (χ0) is 29.1. The average molecular weight is 574 g/mol. The summed E-state index contributed by atoms with van der Waals surface area (Å²) in [5.41, 5.74) is 0.766. The third kappa shape index (κ3) is 7.09. The standard InChI is InChI=1S/C29H30F3N3O4S/c1-28(2,14-16-35-15-13-20-17-22(11-12-25(20)35)27(37)29(30,31)32)33-19-26(36)21-7-6-8-23(18-21)34-40(38,39)24-9-4-3-5-10-24/h3-13,15,17-18,26,33-34,36H,14,16,19H2,1-2H3/t26-/m0/s1. The monoisotopic (exact) mass is 573 g/mol. The van der Waals surface area contributed by atoms with Crippen LogP contribution in [0.4, 0.5) is 18.9 Å². The summed E-state index contributed by atoms with van der Waals surface area (Å²) >= 11 is 0. The van der Waals surface area contributed by atoms with Crippen LogP contribution < -0.4 is 10.0 Å². The Morgan fingerprint density at radius 1 is 0.975 bits per heavy atom. The number of aryl methyl sites for hydroxylation is 1. The fraction of sp³-hybridized carbons (Fsp3) is 0.276. The first-order chi connectivity index (χ1) is 18.7. The number of carbonyl (C=O) groups is 1. The largest absolute Gasteiger partial charge is 0.454 e. The van der Waals surface area contributed by atoms with E-state index in [0.29, 0.717) is 35.1 Å². The van der Waals surface area contributed by atoms with Crippen LogP contribution >= 0.6 is 0 Å². The number of fused-ring (bicyclic) bond motifs is 1. The van der Waals surface area contributed by atoms with Crippen LogP contribution in [0.2, 0.25) is 0 Å². The van der Waals surface area contributed by atoms with Crippen LogP contribution in [-0.2, 0) is 16.6 Å². The molecule has 0 aliphatic heterocycles. The molecule has 3 aromatic carbocycles. The smallest absolute Gasteiger partial charge is 0.387 e. The summed E-state index contributed by atoms with van der Waals surface area (Å²) in [4.78, 5) is 11.7. The van der Waals surface area contributed by atoms with E-state index in [4.69, 9.17) is 0 Å². The summed E-state index contributed by atoms with van der Waals surface area (Å²) in [6, 6.07) is 20.2. The first kappa shape index (κ1) is 29.3. The van der Waals surface area contributed by atoms with Crippen molar-refractivity contribution in [2.75, 3.05) is 11.3 Å². The second-order valence-electron chi connectivity index (χ2n) is 10.2. The van der Waals surface area contributed by atoms with Crippen LogP contribution in [0, 0.1) is 0 Å². The molecule has 4 aromatic rings. The van der Waals surface area contributed by atoms with Gasteiger partial charge in [0.05, 0.1) is 11.0 Å². The number of Topliss-reactive ketones (excluding diaryl/α,β-unsaturated/α-hetero) is 1. The number of carbonyl (C=O) groups excluding carboxylic acids is 1. The minimum Gasteiger partial charge on any atom is -0.387 e. The van der Waals surface area contributed by atoms with Crippen molar-refractivity contribution in [2.45, 2.75) is 49.5 Å². The van der Waals surface area contributed by atoms with Crippen molar-refractivity contribution in [2.24, 2.45) is 0 Å². The van der Waals surface area contributed by atoms with Gasteiger partial charge in [-0.25, -0.2) is 8.42 Å². The summed E-state index contributed by atoms with van der Waals surface area (Å²) in [5.74, 6) is -1.87. The van der Waals surface area contributed by atoms with E-state index in [2.05, 4.69) is 10.0 Å². The predicted octanol–water partition coefficient (Wildman–Crippen LogP) is 5.68. The lowest BCUT2D eigenvalue weighted by Crippen LogP contribution is -2.42. The van der Waals surface area contributed by atoms with Crippen molar-refractivity contribution in [1.82, 2.24) is 9.88 Å². The number of halogens is 3. The van der Waals surface area contributed by atoms with Crippen molar-refractivity contribution in [3.05, 3.63) is 96.2 Å². The Hall–Kier alpha value is -3.67. The molecule has 0 aliphatic rings.